The molecule has 2 N–H and O–H groups in total. The molecule has 0 aromatic heterocycles. The molecule has 0 bridgehead atoms. The summed E-state index contributed by atoms with van der Waals surface area (Å²) < 4.78 is 10.2. The Kier molecular flexibility index (Phi) is 10.8. The molecule has 0 aliphatic heterocycles. The third kappa shape index (κ3) is 7.33. The smallest absolute Gasteiger partial charge is 0.251 e. The van der Waals surface area contributed by atoms with Gasteiger partial charge in [0, 0.05) is 32.3 Å². The number of carbonyl (C=O) groups is 1. The number of methoxy groups -OCH3 is 1. The Morgan fingerprint density at radius 3 is 2.45 bits per heavy atom. The van der Waals surface area contributed by atoms with Crippen molar-refractivity contribution < 1.29 is 14.3 Å². The van der Waals surface area contributed by atoms with Crippen molar-refractivity contribution in [3.63, 3.8) is 0 Å². The lowest BCUT2D eigenvalue weighted by Gasteiger charge is -2.07. The minimum atomic E-state index is -0.0726. The van der Waals surface area contributed by atoms with Crippen LogP contribution in [0.2, 0.25) is 0 Å². The van der Waals surface area contributed by atoms with Gasteiger partial charge in [0.05, 0.1) is 13.2 Å². The number of hydrogen-bond acceptors (Lipinski definition) is 4. The lowest BCUT2D eigenvalue weighted by Crippen LogP contribution is -2.33. The van der Waals surface area contributed by atoms with E-state index in [1.165, 1.54) is 0 Å². The molecule has 1 aromatic rings. The van der Waals surface area contributed by atoms with E-state index < -0.39 is 0 Å². The Balaban J connectivity index is 0.00000361. The summed E-state index contributed by atoms with van der Waals surface area (Å²) in [6.07, 6.45) is 0. The zero-order chi connectivity index (χ0) is 13.9. The Morgan fingerprint density at radius 1 is 1.15 bits per heavy atom. The highest BCUT2D eigenvalue weighted by molar-refractivity contribution is 5.94. The van der Waals surface area contributed by atoms with E-state index in [0.29, 0.717) is 25.3 Å². The first-order valence-electron chi connectivity index (χ1n) is 6.48. The third-order valence-electron chi connectivity index (χ3n) is 2.50. The molecule has 0 fully saturated rings. The van der Waals surface area contributed by atoms with Gasteiger partial charge in [-0.25, -0.2) is 0 Å². The van der Waals surface area contributed by atoms with Crippen molar-refractivity contribution in [2.45, 2.75) is 6.92 Å². The van der Waals surface area contributed by atoms with Gasteiger partial charge in [-0.2, -0.15) is 0 Å². The second-order valence-electron chi connectivity index (χ2n) is 3.96. The molecule has 0 radical (unpaired) electrons. The normalized spacial score (nSPS) is 9.70. The van der Waals surface area contributed by atoms with E-state index in [1.54, 1.807) is 31.4 Å². The largest absolute Gasteiger partial charge is 0.494 e. The molecule has 1 aromatic carbocycles. The molecule has 1 rings (SSSR count). The molecule has 5 nitrogen and oxygen atoms in total. The third-order valence-corrected chi connectivity index (χ3v) is 2.50. The zero-order valence-electron chi connectivity index (χ0n) is 12.0. The highest BCUT2D eigenvalue weighted by Gasteiger charge is 2.04. The first kappa shape index (κ1) is 18.7. The number of rotatable bonds is 9. The van der Waals surface area contributed by atoms with Crippen LogP contribution in [0.25, 0.3) is 0 Å². The van der Waals surface area contributed by atoms with Crippen molar-refractivity contribution in [1.29, 1.82) is 0 Å². The molecule has 0 saturated carbocycles. The maximum absolute atomic E-state index is 11.8. The van der Waals surface area contributed by atoms with E-state index in [1.807, 2.05) is 6.92 Å². The summed E-state index contributed by atoms with van der Waals surface area (Å²) in [4.78, 5) is 11.8. The van der Waals surface area contributed by atoms with Crippen LogP contribution in [0.5, 0.6) is 5.75 Å². The topological polar surface area (TPSA) is 59.6 Å². The van der Waals surface area contributed by atoms with Crippen molar-refractivity contribution in [3.8, 4) is 5.75 Å². The molecule has 0 saturated heterocycles. The number of nitrogens with one attached hydrogen (secondary N) is 2. The summed E-state index contributed by atoms with van der Waals surface area (Å²) in [5.74, 6) is 0.705. The molecule has 0 aliphatic carbocycles. The van der Waals surface area contributed by atoms with Crippen molar-refractivity contribution in [2.75, 3.05) is 40.0 Å². The van der Waals surface area contributed by atoms with Crippen molar-refractivity contribution in [2.24, 2.45) is 0 Å². The number of benzene rings is 1. The lowest BCUT2D eigenvalue weighted by atomic mass is 10.2. The zero-order valence-corrected chi connectivity index (χ0v) is 12.8. The molecule has 20 heavy (non-hydrogen) atoms. The number of ether oxygens (including phenoxy) is 2. The first-order valence-corrected chi connectivity index (χ1v) is 6.48. The molecule has 1 amide bonds. The molecule has 0 heterocycles. The van der Waals surface area contributed by atoms with Gasteiger partial charge in [0.2, 0.25) is 0 Å². The summed E-state index contributed by atoms with van der Waals surface area (Å²) in [6, 6.07) is 7.13. The molecule has 0 aliphatic rings. The predicted molar refractivity (Wildman–Crippen MR) is 81.9 cm³/mol. The summed E-state index contributed by atoms with van der Waals surface area (Å²) in [5, 5.41) is 6.00. The average molecular weight is 303 g/mol. The Bertz CT molecular complexity index is 371. The molecular weight excluding hydrogens is 280 g/mol. The van der Waals surface area contributed by atoms with Gasteiger partial charge < -0.3 is 20.1 Å². The fourth-order valence-corrected chi connectivity index (χ4v) is 1.53. The van der Waals surface area contributed by atoms with Crippen LogP contribution in [0, 0.1) is 0 Å². The SMILES string of the molecule is CCOc1ccc(C(=O)NCCNCCOC)cc1.Cl. The van der Waals surface area contributed by atoms with E-state index >= 15 is 0 Å². The van der Waals surface area contributed by atoms with Crippen LogP contribution < -0.4 is 15.4 Å². The first-order chi connectivity index (χ1) is 9.27. The minimum absolute atomic E-state index is 0. The molecule has 6 heteroatoms. The van der Waals surface area contributed by atoms with E-state index in [0.717, 1.165) is 18.8 Å². The van der Waals surface area contributed by atoms with Gasteiger partial charge >= 0.3 is 0 Å². The van der Waals surface area contributed by atoms with Gasteiger partial charge in [-0.05, 0) is 31.2 Å². The molecule has 0 unspecified atom stereocenters. The summed E-state index contributed by atoms with van der Waals surface area (Å²) in [6.45, 7) is 5.33. The molecule has 0 spiro atoms. The Morgan fingerprint density at radius 2 is 1.85 bits per heavy atom. The fourth-order valence-electron chi connectivity index (χ4n) is 1.53. The minimum Gasteiger partial charge on any atom is -0.494 e. The lowest BCUT2D eigenvalue weighted by molar-refractivity contribution is 0.0953. The molecular formula is C14H23ClN2O3. The number of hydrogen-bond donors (Lipinski definition) is 2. The van der Waals surface area contributed by atoms with Crippen LogP contribution in [0.15, 0.2) is 24.3 Å². The van der Waals surface area contributed by atoms with Crippen molar-refractivity contribution >= 4 is 18.3 Å². The molecule has 114 valence electrons. The van der Waals surface area contributed by atoms with Crippen LogP contribution in [0.4, 0.5) is 0 Å². The average Bonchev–Trinajstić information content (AvgIpc) is 2.43. The van der Waals surface area contributed by atoms with Gasteiger partial charge in [0.1, 0.15) is 5.75 Å². The predicted octanol–water partition coefficient (Wildman–Crippen LogP) is 1.47. The fraction of sp³-hybridized carbons (Fsp3) is 0.500. The second kappa shape index (κ2) is 11.5. The van der Waals surface area contributed by atoms with E-state index in [2.05, 4.69) is 10.6 Å². The Labute approximate surface area is 126 Å². The van der Waals surface area contributed by atoms with Gasteiger partial charge in [-0.3, -0.25) is 4.79 Å². The number of halogens is 1. The van der Waals surface area contributed by atoms with Crippen LogP contribution in [0.3, 0.4) is 0 Å². The van der Waals surface area contributed by atoms with Gasteiger partial charge in [0.25, 0.3) is 5.91 Å². The van der Waals surface area contributed by atoms with Gasteiger partial charge in [-0.1, -0.05) is 0 Å². The Hall–Kier alpha value is -1.30. The maximum atomic E-state index is 11.8. The second-order valence-corrected chi connectivity index (χ2v) is 3.96. The highest BCUT2D eigenvalue weighted by Crippen LogP contribution is 2.11. The summed E-state index contributed by atoms with van der Waals surface area (Å²) in [7, 11) is 1.66. The molecule has 0 atom stereocenters. The van der Waals surface area contributed by atoms with Crippen LogP contribution >= 0.6 is 12.4 Å². The standard InChI is InChI=1S/C14H22N2O3.ClH/c1-3-19-13-6-4-12(5-7-13)14(17)16-9-8-15-10-11-18-2;/h4-7,15H,3,8-11H2,1-2H3,(H,16,17);1H. The van der Waals surface area contributed by atoms with Crippen LogP contribution in [-0.4, -0.2) is 45.9 Å². The van der Waals surface area contributed by atoms with Gasteiger partial charge in [-0.15, -0.1) is 12.4 Å². The quantitative estimate of drug-likeness (QED) is 0.678. The monoisotopic (exact) mass is 302 g/mol. The van der Waals surface area contributed by atoms with Crippen LogP contribution in [-0.2, 0) is 4.74 Å². The van der Waals surface area contributed by atoms with E-state index in [4.69, 9.17) is 9.47 Å². The summed E-state index contributed by atoms with van der Waals surface area (Å²) in [5.41, 5.74) is 0.639. The van der Waals surface area contributed by atoms with Crippen molar-refractivity contribution in [3.05, 3.63) is 29.8 Å². The van der Waals surface area contributed by atoms with Crippen molar-refractivity contribution in [1.82, 2.24) is 10.6 Å². The maximum Gasteiger partial charge on any atom is 0.251 e. The van der Waals surface area contributed by atoms with E-state index in [-0.39, 0.29) is 18.3 Å². The van der Waals surface area contributed by atoms with Gasteiger partial charge in [0.15, 0.2) is 0 Å². The van der Waals surface area contributed by atoms with Crippen LogP contribution in [0.1, 0.15) is 17.3 Å². The number of amides is 1. The number of carbonyl (C=O) groups excluding carboxylic acids is 1. The van der Waals surface area contributed by atoms with E-state index in [9.17, 15) is 4.79 Å². The summed E-state index contributed by atoms with van der Waals surface area (Å²) >= 11 is 0. The highest BCUT2D eigenvalue weighted by atomic mass is 35.5.